The Hall–Kier alpha value is -2.01. The molecule has 2 N–H and O–H groups in total. The molecule has 2 aromatic carbocycles. The van der Waals surface area contributed by atoms with Crippen LogP contribution in [0, 0.1) is 6.92 Å². The number of nitrogens with two attached hydrogens (primary N) is 1. The van der Waals surface area contributed by atoms with Gasteiger partial charge in [-0.1, -0.05) is 42.0 Å². The lowest BCUT2D eigenvalue weighted by molar-refractivity contribution is -0.274. The van der Waals surface area contributed by atoms with E-state index in [1.807, 2.05) is 31.2 Å². The summed E-state index contributed by atoms with van der Waals surface area (Å²) in [6, 6.07) is 12.9. The molecule has 106 valence electrons. The van der Waals surface area contributed by atoms with E-state index in [0.717, 1.165) is 16.7 Å². The lowest BCUT2D eigenvalue weighted by atomic mass is 9.99. The average molecular weight is 281 g/mol. The zero-order chi connectivity index (χ0) is 14.8. The Kier molecular flexibility index (Phi) is 3.99. The van der Waals surface area contributed by atoms with Crippen molar-refractivity contribution in [2.24, 2.45) is 5.73 Å². The van der Waals surface area contributed by atoms with Crippen LogP contribution in [0.2, 0.25) is 0 Å². The normalized spacial score (nSPS) is 13.1. The van der Waals surface area contributed by atoms with Gasteiger partial charge in [0.2, 0.25) is 0 Å². The minimum Gasteiger partial charge on any atom is -0.406 e. The molecule has 5 heteroatoms. The molecule has 0 spiro atoms. The summed E-state index contributed by atoms with van der Waals surface area (Å²) in [5.41, 5.74) is 8.83. The summed E-state index contributed by atoms with van der Waals surface area (Å²) in [6.07, 6.45) is -4.68. The predicted molar refractivity (Wildman–Crippen MR) is 70.3 cm³/mol. The van der Waals surface area contributed by atoms with Gasteiger partial charge in [0.05, 0.1) is 6.04 Å². The molecule has 0 radical (unpaired) electrons. The first-order valence-corrected chi connectivity index (χ1v) is 6.03. The summed E-state index contributed by atoms with van der Waals surface area (Å²) in [5.74, 6) is -0.252. The first-order valence-electron chi connectivity index (χ1n) is 6.03. The van der Waals surface area contributed by atoms with Crippen LogP contribution in [-0.4, -0.2) is 6.36 Å². The van der Waals surface area contributed by atoms with Crippen LogP contribution >= 0.6 is 0 Å². The fourth-order valence-electron chi connectivity index (χ4n) is 1.84. The largest absolute Gasteiger partial charge is 0.573 e. The number of ether oxygens (including phenoxy) is 1. The Morgan fingerprint density at radius 3 is 1.80 bits per heavy atom. The van der Waals surface area contributed by atoms with E-state index < -0.39 is 6.36 Å². The van der Waals surface area contributed by atoms with E-state index in [2.05, 4.69) is 4.74 Å². The van der Waals surface area contributed by atoms with Gasteiger partial charge >= 0.3 is 6.36 Å². The van der Waals surface area contributed by atoms with Crippen LogP contribution in [0.5, 0.6) is 5.75 Å². The molecule has 0 saturated heterocycles. The van der Waals surface area contributed by atoms with Gasteiger partial charge in [0, 0.05) is 0 Å². The number of halogens is 3. The van der Waals surface area contributed by atoms with E-state index in [9.17, 15) is 13.2 Å². The monoisotopic (exact) mass is 281 g/mol. The van der Waals surface area contributed by atoms with Gasteiger partial charge in [0.1, 0.15) is 5.75 Å². The maximum atomic E-state index is 12.1. The molecule has 2 nitrogen and oxygen atoms in total. The van der Waals surface area contributed by atoms with Gasteiger partial charge in [-0.15, -0.1) is 13.2 Å². The minimum atomic E-state index is -4.68. The molecule has 2 aromatic rings. The van der Waals surface area contributed by atoms with Gasteiger partial charge in [0.15, 0.2) is 0 Å². The Morgan fingerprint density at radius 2 is 1.35 bits per heavy atom. The number of benzene rings is 2. The van der Waals surface area contributed by atoms with Gasteiger partial charge in [-0.2, -0.15) is 0 Å². The molecule has 1 atom stereocenters. The molecule has 0 heterocycles. The van der Waals surface area contributed by atoms with Crippen molar-refractivity contribution < 1.29 is 17.9 Å². The molecule has 1 unspecified atom stereocenters. The third-order valence-corrected chi connectivity index (χ3v) is 2.91. The second-order valence-corrected chi connectivity index (χ2v) is 4.51. The summed E-state index contributed by atoms with van der Waals surface area (Å²) in [6.45, 7) is 1.97. The van der Waals surface area contributed by atoms with Crippen LogP contribution in [0.25, 0.3) is 0 Å². The van der Waals surface area contributed by atoms with Crippen LogP contribution < -0.4 is 10.5 Å². The highest BCUT2D eigenvalue weighted by molar-refractivity contribution is 5.36. The molecule has 20 heavy (non-hydrogen) atoms. The highest BCUT2D eigenvalue weighted by Crippen LogP contribution is 2.26. The smallest absolute Gasteiger partial charge is 0.406 e. The second kappa shape index (κ2) is 5.54. The Labute approximate surface area is 115 Å². The number of hydrogen-bond donors (Lipinski definition) is 1. The van der Waals surface area contributed by atoms with Crippen molar-refractivity contribution >= 4 is 0 Å². The summed E-state index contributed by atoms with van der Waals surface area (Å²) in [7, 11) is 0. The van der Waals surface area contributed by atoms with Crippen LogP contribution in [0.15, 0.2) is 48.5 Å². The molecule has 0 bridgehead atoms. The minimum absolute atomic E-state index is 0.252. The van der Waals surface area contributed by atoms with Gasteiger partial charge < -0.3 is 10.5 Å². The maximum Gasteiger partial charge on any atom is 0.573 e. The Bertz CT molecular complexity index is 561. The molecule has 0 aliphatic rings. The highest BCUT2D eigenvalue weighted by Gasteiger charge is 2.31. The Balaban J connectivity index is 2.15. The van der Waals surface area contributed by atoms with E-state index in [-0.39, 0.29) is 11.8 Å². The molecular weight excluding hydrogens is 267 g/mol. The van der Waals surface area contributed by atoms with E-state index in [1.165, 1.54) is 24.3 Å². The number of hydrogen-bond acceptors (Lipinski definition) is 2. The summed E-state index contributed by atoms with van der Waals surface area (Å²) >= 11 is 0. The van der Waals surface area contributed by atoms with Crippen molar-refractivity contribution in [1.29, 1.82) is 0 Å². The van der Waals surface area contributed by atoms with Crippen molar-refractivity contribution in [1.82, 2.24) is 0 Å². The van der Waals surface area contributed by atoms with E-state index >= 15 is 0 Å². The summed E-state index contributed by atoms with van der Waals surface area (Å²) in [5, 5.41) is 0. The van der Waals surface area contributed by atoms with E-state index in [0.29, 0.717) is 0 Å². The van der Waals surface area contributed by atoms with Crippen LogP contribution in [-0.2, 0) is 0 Å². The summed E-state index contributed by atoms with van der Waals surface area (Å²) in [4.78, 5) is 0. The molecular formula is C15H14F3NO. The van der Waals surface area contributed by atoms with Crippen molar-refractivity contribution in [3.63, 3.8) is 0 Å². The van der Waals surface area contributed by atoms with E-state index in [4.69, 9.17) is 5.73 Å². The molecule has 0 saturated carbocycles. The standard InChI is InChI=1S/C15H14F3NO/c1-10-2-4-11(5-3-10)14(19)12-6-8-13(9-7-12)20-15(16,17)18/h2-9,14H,19H2,1H3. The SMILES string of the molecule is Cc1ccc(C(N)c2ccc(OC(F)(F)F)cc2)cc1. The zero-order valence-corrected chi connectivity index (χ0v) is 10.8. The topological polar surface area (TPSA) is 35.2 Å². The van der Waals surface area contributed by atoms with Crippen LogP contribution in [0.1, 0.15) is 22.7 Å². The van der Waals surface area contributed by atoms with Crippen molar-refractivity contribution in [2.45, 2.75) is 19.3 Å². The molecule has 2 rings (SSSR count). The molecule has 0 aliphatic carbocycles. The number of alkyl halides is 3. The van der Waals surface area contributed by atoms with Gasteiger partial charge in [-0.25, -0.2) is 0 Å². The van der Waals surface area contributed by atoms with Gasteiger partial charge in [-0.05, 0) is 30.2 Å². The lowest BCUT2D eigenvalue weighted by Crippen LogP contribution is -2.17. The first kappa shape index (κ1) is 14.4. The molecule has 0 aliphatic heterocycles. The predicted octanol–water partition coefficient (Wildman–Crippen LogP) is 3.94. The van der Waals surface area contributed by atoms with Gasteiger partial charge in [-0.3, -0.25) is 0 Å². The second-order valence-electron chi connectivity index (χ2n) is 4.51. The fraction of sp³-hybridized carbons (Fsp3) is 0.200. The van der Waals surface area contributed by atoms with Crippen LogP contribution in [0.3, 0.4) is 0 Å². The third-order valence-electron chi connectivity index (χ3n) is 2.91. The molecule has 0 fully saturated rings. The first-order chi connectivity index (χ1) is 9.35. The fourth-order valence-corrected chi connectivity index (χ4v) is 1.84. The van der Waals surface area contributed by atoms with Crippen LogP contribution in [0.4, 0.5) is 13.2 Å². The van der Waals surface area contributed by atoms with E-state index in [1.54, 1.807) is 0 Å². The van der Waals surface area contributed by atoms with Crippen molar-refractivity contribution in [2.75, 3.05) is 0 Å². The van der Waals surface area contributed by atoms with Crippen molar-refractivity contribution in [3.8, 4) is 5.75 Å². The van der Waals surface area contributed by atoms with Crippen molar-refractivity contribution in [3.05, 3.63) is 65.2 Å². The Morgan fingerprint density at radius 1 is 0.900 bits per heavy atom. The zero-order valence-electron chi connectivity index (χ0n) is 10.8. The maximum absolute atomic E-state index is 12.1. The average Bonchev–Trinajstić information content (AvgIpc) is 2.38. The number of rotatable bonds is 3. The third kappa shape index (κ3) is 3.74. The quantitative estimate of drug-likeness (QED) is 0.924. The molecule has 0 aromatic heterocycles. The number of aryl methyl sites for hydroxylation is 1. The van der Waals surface area contributed by atoms with Gasteiger partial charge in [0.25, 0.3) is 0 Å². The highest BCUT2D eigenvalue weighted by atomic mass is 19.4. The molecule has 0 amide bonds. The summed E-state index contributed by atoms with van der Waals surface area (Å²) < 4.78 is 40.0. The lowest BCUT2D eigenvalue weighted by Gasteiger charge is -2.14.